The SMILES string of the molecule is COc1nc(-c2cccc(-c3ccnc(-c4cc(OC)c5nc(CN6CC(C)(O)C6)nn5c4)c3Cl)c2Cl)ccc1CNC1CCN(C(C)=O)CC1. The molecule has 2 saturated heterocycles. The van der Waals surface area contributed by atoms with Gasteiger partial charge >= 0.3 is 0 Å². The first-order valence-electron chi connectivity index (χ1n) is 16.9. The largest absolute Gasteiger partial charge is 0.493 e. The van der Waals surface area contributed by atoms with Crippen molar-refractivity contribution >= 4 is 34.8 Å². The molecule has 1 amide bonds. The van der Waals surface area contributed by atoms with Crippen LogP contribution in [0.3, 0.4) is 0 Å². The van der Waals surface area contributed by atoms with E-state index in [9.17, 15) is 9.90 Å². The summed E-state index contributed by atoms with van der Waals surface area (Å²) >= 11 is 14.2. The number of likely N-dealkylation sites (tertiary alicyclic amines) is 2. The number of β-amino-alcohol motifs (C(OH)–C–C–N with tert-alkyl or cyclic N) is 1. The normalized spacial score (nSPS) is 16.3. The maximum Gasteiger partial charge on any atom is 0.219 e. The molecule has 14 heteroatoms. The van der Waals surface area contributed by atoms with Crippen LogP contribution < -0.4 is 14.8 Å². The molecule has 266 valence electrons. The van der Waals surface area contributed by atoms with Crippen molar-refractivity contribution in [2.45, 2.75) is 51.4 Å². The van der Waals surface area contributed by atoms with E-state index in [1.807, 2.05) is 60.5 Å². The fourth-order valence-corrected chi connectivity index (χ4v) is 7.60. The van der Waals surface area contributed by atoms with Crippen molar-refractivity contribution in [1.82, 2.24) is 39.7 Å². The van der Waals surface area contributed by atoms with Gasteiger partial charge in [-0.3, -0.25) is 14.7 Å². The molecule has 6 heterocycles. The fraction of sp³-hybridized carbons (Fsp3) is 0.378. The molecular formula is C37H40Cl2N8O4. The third kappa shape index (κ3) is 7.24. The number of aliphatic hydroxyl groups is 1. The van der Waals surface area contributed by atoms with Crippen molar-refractivity contribution in [3.05, 3.63) is 76.3 Å². The number of aromatic nitrogens is 5. The van der Waals surface area contributed by atoms with Crippen LogP contribution in [-0.4, -0.2) is 97.4 Å². The van der Waals surface area contributed by atoms with Crippen LogP contribution in [0.4, 0.5) is 0 Å². The molecule has 51 heavy (non-hydrogen) atoms. The molecule has 2 fully saturated rings. The Bertz CT molecular complexity index is 2090. The molecule has 1 aromatic carbocycles. The molecule has 0 saturated carbocycles. The average molecular weight is 732 g/mol. The predicted octanol–water partition coefficient (Wildman–Crippen LogP) is 5.51. The molecule has 0 atom stereocenters. The van der Waals surface area contributed by atoms with Gasteiger partial charge in [0.25, 0.3) is 0 Å². The summed E-state index contributed by atoms with van der Waals surface area (Å²) in [5.41, 5.74) is 4.91. The van der Waals surface area contributed by atoms with Crippen molar-refractivity contribution < 1.29 is 19.4 Å². The van der Waals surface area contributed by atoms with E-state index in [0.29, 0.717) is 87.9 Å². The van der Waals surface area contributed by atoms with Gasteiger partial charge in [-0.2, -0.15) is 0 Å². The monoisotopic (exact) mass is 730 g/mol. The number of hydrogen-bond donors (Lipinski definition) is 2. The summed E-state index contributed by atoms with van der Waals surface area (Å²) in [6.45, 7) is 7.21. The van der Waals surface area contributed by atoms with E-state index in [-0.39, 0.29) is 5.91 Å². The van der Waals surface area contributed by atoms with Crippen molar-refractivity contribution in [2.75, 3.05) is 40.4 Å². The Morgan fingerprint density at radius 2 is 1.76 bits per heavy atom. The van der Waals surface area contributed by atoms with Gasteiger partial charge in [0, 0.05) is 85.9 Å². The Kier molecular flexibility index (Phi) is 9.88. The maximum atomic E-state index is 11.7. The van der Waals surface area contributed by atoms with Crippen molar-refractivity contribution in [1.29, 1.82) is 0 Å². The summed E-state index contributed by atoms with van der Waals surface area (Å²) in [5.74, 6) is 1.80. The van der Waals surface area contributed by atoms with E-state index in [2.05, 4.69) is 25.3 Å². The number of amides is 1. The summed E-state index contributed by atoms with van der Waals surface area (Å²) in [6.07, 6.45) is 5.34. The first kappa shape index (κ1) is 35.1. The predicted molar refractivity (Wildman–Crippen MR) is 196 cm³/mol. The second-order valence-electron chi connectivity index (χ2n) is 13.4. The van der Waals surface area contributed by atoms with Gasteiger partial charge < -0.3 is 24.8 Å². The highest BCUT2D eigenvalue weighted by atomic mass is 35.5. The standard InChI is InChI=1S/C37H40Cl2N8O4/c1-22(48)46-14-11-25(12-15-46)41-17-23-8-9-29(42-36(23)51-4)28-7-5-6-26(32(28)38)27-10-13-40-34(33(27)39)24-16-30(50-3)35-43-31(44-47(35)18-24)19-45-20-37(2,49)21-45/h5-10,13,16,18,25,41,49H,11-12,14-15,17,19-21H2,1-4H3. The Morgan fingerprint density at radius 1 is 1.02 bits per heavy atom. The van der Waals surface area contributed by atoms with E-state index in [1.54, 1.807) is 31.9 Å². The zero-order chi connectivity index (χ0) is 35.9. The summed E-state index contributed by atoms with van der Waals surface area (Å²) in [6, 6.07) is 13.7. The van der Waals surface area contributed by atoms with Gasteiger partial charge in [0.05, 0.1) is 47.8 Å². The van der Waals surface area contributed by atoms with Gasteiger partial charge in [-0.15, -0.1) is 5.10 Å². The number of methoxy groups -OCH3 is 2. The number of halogens is 2. The Morgan fingerprint density at radius 3 is 2.47 bits per heavy atom. The van der Waals surface area contributed by atoms with Crippen LogP contribution >= 0.6 is 23.2 Å². The summed E-state index contributed by atoms with van der Waals surface area (Å²) in [4.78, 5) is 29.8. The smallest absolute Gasteiger partial charge is 0.219 e. The molecule has 0 bridgehead atoms. The number of piperidine rings is 1. The number of fused-ring (bicyclic) bond motifs is 1. The minimum absolute atomic E-state index is 0.125. The van der Waals surface area contributed by atoms with Crippen LogP contribution in [0.15, 0.2) is 54.9 Å². The molecule has 2 aliphatic heterocycles. The van der Waals surface area contributed by atoms with Crippen LogP contribution in [-0.2, 0) is 17.9 Å². The maximum absolute atomic E-state index is 11.7. The molecule has 4 aromatic heterocycles. The Balaban J connectivity index is 1.14. The van der Waals surface area contributed by atoms with Gasteiger partial charge in [0.1, 0.15) is 0 Å². The third-order valence-electron chi connectivity index (χ3n) is 9.54. The number of hydrogen-bond acceptors (Lipinski definition) is 10. The van der Waals surface area contributed by atoms with Gasteiger partial charge in [0.2, 0.25) is 11.8 Å². The highest BCUT2D eigenvalue weighted by Crippen LogP contribution is 2.42. The average Bonchev–Trinajstić information content (AvgIpc) is 3.52. The molecule has 0 spiro atoms. The van der Waals surface area contributed by atoms with Gasteiger partial charge in [0.15, 0.2) is 17.2 Å². The molecule has 2 N–H and O–H groups in total. The summed E-state index contributed by atoms with van der Waals surface area (Å²) in [5, 5.41) is 19.3. The van der Waals surface area contributed by atoms with Crippen LogP contribution in [0.1, 0.15) is 38.1 Å². The molecule has 7 rings (SSSR count). The molecule has 12 nitrogen and oxygen atoms in total. The van der Waals surface area contributed by atoms with Crippen LogP contribution in [0.25, 0.3) is 39.3 Å². The summed E-state index contributed by atoms with van der Waals surface area (Å²) in [7, 11) is 3.20. The van der Waals surface area contributed by atoms with Crippen LogP contribution in [0, 0.1) is 0 Å². The molecule has 0 radical (unpaired) electrons. The zero-order valence-corrected chi connectivity index (χ0v) is 30.5. The lowest BCUT2D eigenvalue weighted by Crippen LogP contribution is -2.59. The lowest BCUT2D eigenvalue weighted by Gasteiger charge is -2.43. The minimum Gasteiger partial charge on any atom is -0.493 e. The number of nitrogens with one attached hydrogen (secondary N) is 1. The highest BCUT2D eigenvalue weighted by molar-refractivity contribution is 6.39. The molecule has 0 aliphatic carbocycles. The van der Waals surface area contributed by atoms with Crippen molar-refractivity contribution in [3.63, 3.8) is 0 Å². The molecule has 2 aliphatic rings. The van der Waals surface area contributed by atoms with Crippen molar-refractivity contribution in [3.8, 4) is 45.3 Å². The Hall–Kier alpha value is -4.33. The van der Waals surface area contributed by atoms with E-state index in [4.69, 9.17) is 37.7 Å². The fourth-order valence-electron chi connectivity index (χ4n) is 6.95. The number of ether oxygens (including phenoxy) is 2. The van der Waals surface area contributed by atoms with E-state index in [1.165, 1.54) is 0 Å². The number of carbonyl (C=O) groups excluding carboxylic acids is 1. The van der Waals surface area contributed by atoms with Gasteiger partial charge in [-0.05, 0) is 38.0 Å². The lowest BCUT2D eigenvalue weighted by molar-refractivity contribution is -0.129. The zero-order valence-electron chi connectivity index (χ0n) is 29.0. The molecular weight excluding hydrogens is 691 g/mol. The topological polar surface area (TPSA) is 130 Å². The lowest BCUT2D eigenvalue weighted by atomic mass is 9.97. The minimum atomic E-state index is -0.678. The number of pyridine rings is 3. The third-order valence-corrected chi connectivity index (χ3v) is 10.3. The number of nitrogens with zero attached hydrogens (tertiary/aromatic N) is 7. The number of carbonyl (C=O) groups is 1. The van der Waals surface area contributed by atoms with Gasteiger partial charge in [-0.1, -0.05) is 47.5 Å². The highest BCUT2D eigenvalue weighted by Gasteiger charge is 2.37. The first-order valence-corrected chi connectivity index (χ1v) is 17.6. The van der Waals surface area contributed by atoms with E-state index < -0.39 is 5.60 Å². The van der Waals surface area contributed by atoms with E-state index >= 15 is 0 Å². The van der Waals surface area contributed by atoms with E-state index in [0.717, 1.165) is 42.6 Å². The Labute approximate surface area is 306 Å². The quantitative estimate of drug-likeness (QED) is 0.190. The summed E-state index contributed by atoms with van der Waals surface area (Å²) < 4.78 is 13.1. The van der Waals surface area contributed by atoms with Crippen LogP contribution in [0.2, 0.25) is 10.0 Å². The number of rotatable bonds is 10. The number of benzene rings is 1. The first-order chi connectivity index (χ1) is 24.5. The second-order valence-corrected chi connectivity index (χ2v) is 14.2. The van der Waals surface area contributed by atoms with Gasteiger partial charge in [-0.25, -0.2) is 14.5 Å². The molecule has 0 unspecified atom stereocenters. The molecule has 5 aromatic rings. The second kappa shape index (κ2) is 14.4. The van der Waals surface area contributed by atoms with Crippen molar-refractivity contribution in [2.24, 2.45) is 0 Å². The van der Waals surface area contributed by atoms with Crippen LogP contribution in [0.5, 0.6) is 11.6 Å².